The Bertz CT molecular complexity index is 1330. The fraction of sp³-hybridized carbons (Fsp3) is 0.148. The third-order valence-corrected chi connectivity index (χ3v) is 5.19. The number of benzene rings is 3. The molecule has 0 radical (unpaired) electrons. The molecule has 0 unspecified atom stereocenters. The number of carbonyl (C=O) groups excluding carboxylic acids is 1. The Balaban J connectivity index is 1.55. The Morgan fingerprint density at radius 3 is 2.37 bits per heavy atom. The molecule has 0 saturated carbocycles. The molecular formula is C27H24N2O6. The highest BCUT2D eigenvalue weighted by Gasteiger charge is 2.18. The topological polar surface area (TPSA) is 92.9 Å². The highest BCUT2D eigenvalue weighted by atomic mass is 16.6. The average molecular weight is 472 g/mol. The molecule has 1 heterocycles. The third-order valence-electron chi connectivity index (χ3n) is 5.19. The average Bonchev–Trinajstić information content (AvgIpc) is 3.39. The molecular weight excluding hydrogens is 448 g/mol. The quantitative estimate of drug-likeness (QED) is 0.190. The lowest BCUT2D eigenvalue weighted by molar-refractivity contribution is -0.138. The van der Waals surface area contributed by atoms with Crippen molar-refractivity contribution in [1.82, 2.24) is 10.1 Å². The number of para-hydroxylation sites is 1. The van der Waals surface area contributed by atoms with Crippen molar-refractivity contribution < 1.29 is 28.3 Å². The first-order valence-electron chi connectivity index (χ1n) is 10.7. The van der Waals surface area contributed by atoms with Gasteiger partial charge in [0, 0.05) is 11.6 Å². The van der Waals surface area contributed by atoms with Gasteiger partial charge in [-0.2, -0.15) is 4.98 Å². The van der Waals surface area contributed by atoms with Gasteiger partial charge < -0.3 is 23.5 Å². The Labute approximate surface area is 202 Å². The van der Waals surface area contributed by atoms with Crippen LogP contribution in [-0.2, 0) is 16.1 Å². The predicted octanol–water partition coefficient (Wildman–Crippen LogP) is 5.05. The summed E-state index contributed by atoms with van der Waals surface area (Å²) in [5.41, 5.74) is 2.44. The molecule has 0 aliphatic rings. The van der Waals surface area contributed by atoms with E-state index >= 15 is 0 Å². The fourth-order valence-corrected chi connectivity index (χ4v) is 3.43. The van der Waals surface area contributed by atoms with Gasteiger partial charge in [0.15, 0.2) is 6.61 Å². The summed E-state index contributed by atoms with van der Waals surface area (Å²) in [4.78, 5) is 17.5. The minimum absolute atomic E-state index is 0.149. The summed E-state index contributed by atoms with van der Waals surface area (Å²) in [5, 5.41) is 3.99. The minimum atomic E-state index is -0.538. The monoisotopic (exact) mass is 472 g/mol. The molecule has 0 atom stereocenters. The van der Waals surface area contributed by atoms with Gasteiger partial charge in [-0.15, -0.1) is 0 Å². The van der Waals surface area contributed by atoms with E-state index in [2.05, 4.69) is 10.1 Å². The third kappa shape index (κ3) is 5.50. The number of esters is 1. The van der Waals surface area contributed by atoms with E-state index in [1.54, 1.807) is 45.6 Å². The molecule has 4 aromatic rings. The van der Waals surface area contributed by atoms with E-state index in [1.807, 2.05) is 54.6 Å². The zero-order valence-corrected chi connectivity index (χ0v) is 19.6. The number of hydrogen-bond donors (Lipinski definition) is 0. The van der Waals surface area contributed by atoms with Crippen molar-refractivity contribution in [3.05, 3.63) is 89.8 Å². The maximum Gasteiger partial charge on any atom is 0.339 e. The Kier molecular flexibility index (Phi) is 7.42. The van der Waals surface area contributed by atoms with Crippen LogP contribution in [-0.4, -0.2) is 37.4 Å². The van der Waals surface area contributed by atoms with Crippen molar-refractivity contribution in [2.75, 3.05) is 21.3 Å². The zero-order chi connectivity index (χ0) is 24.6. The molecule has 0 fully saturated rings. The van der Waals surface area contributed by atoms with Crippen molar-refractivity contribution in [3.8, 4) is 28.6 Å². The normalized spacial score (nSPS) is 11.1. The number of aromatic nitrogens is 2. The Hall–Kier alpha value is -4.59. The van der Waals surface area contributed by atoms with Crippen LogP contribution in [0.5, 0.6) is 17.2 Å². The molecule has 1 aromatic heterocycles. The smallest absolute Gasteiger partial charge is 0.339 e. The van der Waals surface area contributed by atoms with E-state index in [0.29, 0.717) is 39.8 Å². The van der Waals surface area contributed by atoms with Gasteiger partial charge in [0.1, 0.15) is 17.2 Å². The van der Waals surface area contributed by atoms with Crippen LogP contribution < -0.4 is 14.2 Å². The number of rotatable bonds is 9. The minimum Gasteiger partial charge on any atom is -0.497 e. The number of hydrogen-bond acceptors (Lipinski definition) is 8. The first-order valence-corrected chi connectivity index (χ1v) is 10.7. The predicted molar refractivity (Wildman–Crippen MR) is 130 cm³/mol. The molecule has 0 saturated heterocycles. The summed E-state index contributed by atoms with van der Waals surface area (Å²) in [5.74, 6) is 1.73. The summed E-state index contributed by atoms with van der Waals surface area (Å²) < 4.78 is 26.9. The molecule has 0 bridgehead atoms. The fourth-order valence-electron chi connectivity index (χ4n) is 3.43. The van der Waals surface area contributed by atoms with Gasteiger partial charge in [-0.25, -0.2) is 4.79 Å². The molecule has 35 heavy (non-hydrogen) atoms. The van der Waals surface area contributed by atoms with Crippen molar-refractivity contribution in [2.24, 2.45) is 0 Å². The molecule has 178 valence electrons. The molecule has 0 spiro atoms. The van der Waals surface area contributed by atoms with Crippen LogP contribution in [0.15, 0.2) is 77.3 Å². The lowest BCUT2D eigenvalue weighted by Crippen LogP contribution is -2.08. The first-order chi connectivity index (χ1) is 17.1. The van der Waals surface area contributed by atoms with Crippen molar-refractivity contribution in [1.29, 1.82) is 0 Å². The summed E-state index contributed by atoms with van der Waals surface area (Å²) >= 11 is 0. The molecule has 4 rings (SSSR count). The summed E-state index contributed by atoms with van der Waals surface area (Å²) in [6.07, 6.45) is 1.73. The van der Waals surface area contributed by atoms with Crippen molar-refractivity contribution in [2.45, 2.75) is 6.61 Å². The van der Waals surface area contributed by atoms with E-state index in [9.17, 15) is 4.79 Å². The molecule has 0 amide bonds. The van der Waals surface area contributed by atoms with Crippen LogP contribution in [0.2, 0.25) is 0 Å². The Morgan fingerprint density at radius 2 is 1.63 bits per heavy atom. The maximum atomic E-state index is 13.1. The van der Waals surface area contributed by atoms with Gasteiger partial charge >= 0.3 is 5.97 Å². The molecule has 8 heteroatoms. The highest BCUT2D eigenvalue weighted by Crippen LogP contribution is 2.32. The summed E-state index contributed by atoms with van der Waals surface area (Å²) in [7, 11) is 4.69. The molecule has 8 nitrogen and oxygen atoms in total. The van der Waals surface area contributed by atoms with Crippen LogP contribution in [0, 0.1) is 0 Å². The molecule has 3 aromatic carbocycles. The van der Waals surface area contributed by atoms with Gasteiger partial charge in [-0.1, -0.05) is 53.7 Å². The molecule has 0 aliphatic carbocycles. The van der Waals surface area contributed by atoms with Crippen molar-refractivity contribution in [3.63, 3.8) is 0 Å². The van der Waals surface area contributed by atoms with E-state index in [4.69, 9.17) is 23.5 Å². The van der Waals surface area contributed by atoms with Gasteiger partial charge in [0.25, 0.3) is 5.89 Å². The van der Waals surface area contributed by atoms with Gasteiger partial charge in [-0.05, 0) is 29.8 Å². The Morgan fingerprint density at radius 1 is 0.886 bits per heavy atom. The lowest BCUT2D eigenvalue weighted by Gasteiger charge is -2.10. The van der Waals surface area contributed by atoms with Crippen LogP contribution in [0.1, 0.15) is 17.0 Å². The molecule has 0 aliphatic heterocycles. The van der Waals surface area contributed by atoms with E-state index in [-0.39, 0.29) is 12.5 Å². The summed E-state index contributed by atoms with van der Waals surface area (Å²) in [6.45, 7) is -0.194. The van der Waals surface area contributed by atoms with Gasteiger partial charge in [0.2, 0.25) is 5.82 Å². The van der Waals surface area contributed by atoms with Crippen LogP contribution in [0.3, 0.4) is 0 Å². The molecule has 0 N–H and O–H groups in total. The number of carbonyl (C=O) groups is 1. The van der Waals surface area contributed by atoms with E-state index in [1.165, 1.54) is 0 Å². The first kappa shape index (κ1) is 23.6. The number of methoxy groups -OCH3 is 3. The second kappa shape index (κ2) is 11.0. The van der Waals surface area contributed by atoms with E-state index in [0.717, 1.165) is 5.56 Å². The largest absolute Gasteiger partial charge is 0.497 e. The number of ether oxygens (including phenoxy) is 4. The van der Waals surface area contributed by atoms with E-state index < -0.39 is 5.97 Å². The maximum absolute atomic E-state index is 13.1. The summed E-state index contributed by atoms with van der Waals surface area (Å²) in [6, 6.07) is 21.9. The number of nitrogens with zero attached hydrogens (tertiary/aromatic N) is 2. The van der Waals surface area contributed by atoms with Gasteiger partial charge in [-0.3, -0.25) is 0 Å². The second-order valence-electron chi connectivity index (χ2n) is 7.32. The standard InChI is InChI=1S/C27H24N2O6/c1-31-20-13-14-21(24(16-20)33-3)26-28-25(35-29-26)17-34-27(30)22(18-9-5-4-6-10-18)15-19-11-7-8-12-23(19)32-2/h4-16H,17H2,1-3H3/b22-15+. The zero-order valence-electron chi connectivity index (χ0n) is 19.6. The van der Waals surface area contributed by atoms with Crippen LogP contribution in [0.25, 0.3) is 23.0 Å². The van der Waals surface area contributed by atoms with Crippen molar-refractivity contribution >= 4 is 17.6 Å². The lowest BCUT2D eigenvalue weighted by atomic mass is 10.0. The second-order valence-corrected chi connectivity index (χ2v) is 7.32. The SMILES string of the molecule is COc1ccc(-c2noc(COC(=O)/C(=C/c3ccccc3OC)c3ccccc3)n2)c(OC)c1. The highest BCUT2D eigenvalue weighted by molar-refractivity contribution is 6.21. The van der Waals surface area contributed by atoms with Gasteiger partial charge in [0.05, 0.1) is 32.5 Å². The van der Waals surface area contributed by atoms with Crippen LogP contribution in [0.4, 0.5) is 0 Å². The van der Waals surface area contributed by atoms with Crippen LogP contribution >= 0.6 is 0 Å².